The van der Waals surface area contributed by atoms with Crippen LogP contribution < -0.4 is 14.8 Å². The number of carbonyl (C=O) groups excluding carboxylic acids is 1. The number of nitrogens with one attached hydrogen (secondary N) is 1. The van der Waals surface area contributed by atoms with E-state index in [1.807, 2.05) is 73.7 Å². The fourth-order valence-electron chi connectivity index (χ4n) is 6.69. The van der Waals surface area contributed by atoms with Crippen molar-refractivity contribution in [2.45, 2.75) is 49.9 Å². The minimum Gasteiger partial charge on any atom is -0.490 e. The van der Waals surface area contributed by atoms with Gasteiger partial charge in [0.25, 0.3) is 11.9 Å². The second kappa shape index (κ2) is 9.71. The Balaban J connectivity index is 1.45. The molecule has 3 aromatic rings. The van der Waals surface area contributed by atoms with E-state index in [0.717, 1.165) is 24.0 Å². The van der Waals surface area contributed by atoms with Gasteiger partial charge in [0.2, 0.25) is 0 Å². The normalized spacial score (nSPS) is 25.7. The van der Waals surface area contributed by atoms with Crippen LogP contribution in [-0.4, -0.2) is 41.0 Å². The summed E-state index contributed by atoms with van der Waals surface area (Å²) < 4.78 is 12.8. The molecule has 4 atom stereocenters. The van der Waals surface area contributed by atoms with Crippen LogP contribution in [0.1, 0.15) is 42.4 Å². The van der Waals surface area contributed by atoms with Crippen molar-refractivity contribution in [3.63, 3.8) is 0 Å². The van der Waals surface area contributed by atoms with Gasteiger partial charge in [-0.05, 0) is 65.0 Å². The van der Waals surface area contributed by atoms with E-state index in [1.165, 1.54) is 0 Å². The molecule has 9 heteroatoms. The Morgan fingerprint density at radius 2 is 1.89 bits per heavy atom. The molecule has 6 rings (SSSR count). The van der Waals surface area contributed by atoms with Gasteiger partial charge in [-0.15, -0.1) is 0 Å². The molecule has 2 fully saturated rings. The molecule has 0 bridgehead atoms. The van der Waals surface area contributed by atoms with E-state index in [9.17, 15) is 14.9 Å². The summed E-state index contributed by atoms with van der Waals surface area (Å²) in [7, 11) is 0. The number of amides is 1. The molecule has 0 unspecified atom stereocenters. The predicted octanol–water partition coefficient (Wildman–Crippen LogP) is 5.48. The van der Waals surface area contributed by atoms with E-state index in [4.69, 9.17) is 9.47 Å². The Labute approximate surface area is 229 Å². The van der Waals surface area contributed by atoms with Crippen molar-refractivity contribution in [3.05, 3.63) is 98.0 Å². The highest BCUT2D eigenvalue weighted by Crippen LogP contribution is 2.58. The Morgan fingerprint density at radius 1 is 1.13 bits per heavy atom. The molecule has 2 saturated heterocycles. The van der Waals surface area contributed by atoms with Crippen LogP contribution >= 0.6 is 15.9 Å². The molecule has 0 radical (unpaired) electrons. The van der Waals surface area contributed by atoms with Gasteiger partial charge in [0, 0.05) is 28.8 Å². The molecule has 0 aliphatic carbocycles. The van der Waals surface area contributed by atoms with E-state index in [2.05, 4.69) is 26.1 Å². The smallest absolute Gasteiger partial charge is 0.256 e. The molecule has 0 saturated carbocycles. The van der Waals surface area contributed by atoms with Crippen LogP contribution in [0.5, 0.6) is 11.5 Å². The summed E-state index contributed by atoms with van der Waals surface area (Å²) in [5.74, 6) is 0.249. The van der Waals surface area contributed by atoms with Crippen LogP contribution in [0.3, 0.4) is 0 Å². The topological polar surface area (TPSA) is 93.9 Å². The lowest BCUT2D eigenvalue weighted by Gasteiger charge is -2.32. The summed E-state index contributed by atoms with van der Waals surface area (Å²) in [6.45, 7) is 3.29. The van der Waals surface area contributed by atoms with Crippen LogP contribution in [0.4, 0.5) is 5.69 Å². The van der Waals surface area contributed by atoms with Gasteiger partial charge in [-0.2, -0.15) is 0 Å². The average molecular weight is 578 g/mol. The van der Waals surface area contributed by atoms with Crippen LogP contribution in [0.25, 0.3) is 0 Å². The molecule has 1 spiro atoms. The third-order valence-corrected chi connectivity index (χ3v) is 8.63. The van der Waals surface area contributed by atoms with Crippen molar-refractivity contribution in [2.75, 3.05) is 18.5 Å². The van der Waals surface area contributed by atoms with Crippen molar-refractivity contribution in [1.29, 1.82) is 0 Å². The second-order valence-electron chi connectivity index (χ2n) is 9.96. The van der Waals surface area contributed by atoms with Gasteiger partial charge in [-0.1, -0.05) is 48.5 Å². The van der Waals surface area contributed by atoms with Crippen molar-refractivity contribution < 1.29 is 19.2 Å². The predicted molar refractivity (Wildman–Crippen MR) is 146 cm³/mol. The van der Waals surface area contributed by atoms with Crippen LogP contribution in [0.2, 0.25) is 0 Å². The number of benzene rings is 3. The third kappa shape index (κ3) is 3.71. The quantitative estimate of drug-likeness (QED) is 0.295. The van der Waals surface area contributed by atoms with Gasteiger partial charge in [0.1, 0.15) is 6.61 Å². The number of nitro groups is 1. The number of anilines is 1. The minimum absolute atomic E-state index is 0.153. The first-order valence-electron chi connectivity index (χ1n) is 12.9. The Morgan fingerprint density at radius 3 is 2.66 bits per heavy atom. The van der Waals surface area contributed by atoms with E-state index < -0.39 is 17.5 Å². The number of para-hydroxylation sites is 1. The monoisotopic (exact) mass is 577 g/mol. The van der Waals surface area contributed by atoms with Crippen LogP contribution in [-0.2, 0) is 16.9 Å². The van der Waals surface area contributed by atoms with Gasteiger partial charge < -0.3 is 14.8 Å². The van der Waals surface area contributed by atoms with Crippen molar-refractivity contribution in [3.8, 4) is 11.5 Å². The average Bonchev–Trinajstić information content (AvgIpc) is 3.57. The maximum Gasteiger partial charge on any atom is 0.256 e. The maximum atomic E-state index is 13.7. The molecule has 196 valence electrons. The fourth-order valence-corrected chi connectivity index (χ4v) is 7.26. The number of rotatable bonds is 7. The standard InChI is InChI=1S/C29H28BrN3O5/c1-2-37-24-16-19(15-21(30)26(24)38-17-18-9-4-3-5-10-18)25-23-13-8-14-32(23)29(27(25)33(35)36)20-11-6-7-12-22(20)31-28(29)34/h3-7,9-12,15-16,23,25,27H,2,8,13-14,17H2,1H3,(H,31,34)/t23-,25+,27+,29+/m0/s1. The summed E-state index contributed by atoms with van der Waals surface area (Å²) in [4.78, 5) is 28.4. The third-order valence-electron chi connectivity index (χ3n) is 8.04. The number of carbonyl (C=O) groups is 1. The highest BCUT2D eigenvalue weighted by molar-refractivity contribution is 9.10. The second-order valence-corrected chi connectivity index (χ2v) is 10.8. The molecule has 8 nitrogen and oxygen atoms in total. The van der Waals surface area contributed by atoms with Crippen molar-refractivity contribution >= 4 is 27.5 Å². The lowest BCUT2D eigenvalue weighted by atomic mass is 9.77. The van der Waals surface area contributed by atoms with Crippen molar-refractivity contribution in [1.82, 2.24) is 4.90 Å². The summed E-state index contributed by atoms with van der Waals surface area (Å²) in [5.41, 5.74) is 1.77. The number of fused-ring (bicyclic) bond motifs is 4. The molecule has 1 amide bonds. The van der Waals surface area contributed by atoms with E-state index in [0.29, 0.717) is 47.0 Å². The highest BCUT2D eigenvalue weighted by Gasteiger charge is 2.73. The Kier molecular flexibility index (Phi) is 6.36. The van der Waals surface area contributed by atoms with Gasteiger partial charge in [-0.3, -0.25) is 19.8 Å². The maximum absolute atomic E-state index is 13.7. The minimum atomic E-state index is -1.35. The number of hydrogen-bond donors (Lipinski definition) is 1. The van der Waals surface area contributed by atoms with Crippen LogP contribution in [0.15, 0.2) is 71.2 Å². The molecule has 3 aliphatic rings. The van der Waals surface area contributed by atoms with Gasteiger partial charge in [0.15, 0.2) is 17.0 Å². The van der Waals surface area contributed by atoms with E-state index in [-0.39, 0.29) is 16.9 Å². The number of ether oxygens (including phenoxy) is 2. The molecule has 3 heterocycles. The van der Waals surface area contributed by atoms with Crippen molar-refractivity contribution in [2.24, 2.45) is 0 Å². The first-order valence-corrected chi connectivity index (χ1v) is 13.7. The zero-order valence-corrected chi connectivity index (χ0v) is 22.5. The Hall–Kier alpha value is -3.43. The van der Waals surface area contributed by atoms with E-state index >= 15 is 0 Å². The molecule has 0 aromatic heterocycles. The van der Waals surface area contributed by atoms with Crippen LogP contribution in [0, 0.1) is 10.1 Å². The number of nitrogens with zero attached hydrogens (tertiary/aromatic N) is 2. The van der Waals surface area contributed by atoms with Gasteiger partial charge in [-0.25, -0.2) is 0 Å². The van der Waals surface area contributed by atoms with E-state index in [1.54, 1.807) is 0 Å². The summed E-state index contributed by atoms with van der Waals surface area (Å²) >= 11 is 3.66. The molecule has 3 aromatic carbocycles. The summed E-state index contributed by atoms with van der Waals surface area (Å²) in [6, 6.07) is 19.7. The molecular formula is C29H28BrN3O5. The zero-order valence-electron chi connectivity index (χ0n) is 20.9. The highest BCUT2D eigenvalue weighted by atomic mass is 79.9. The van der Waals surface area contributed by atoms with Gasteiger partial charge in [0.05, 0.1) is 17.0 Å². The summed E-state index contributed by atoms with van der Waals surface area (Å²) in [6.07, 6.45) is 1.65. The number of hydrogen-bond acceptors (Lipinski definition) is 6. The zero-order chi connectivity index (χ0) is 26.4. The lowest BCUT2D eigenvalue weighted by Crippen LogP contribution is -2.55. The Bertz CT molecular complexity index is 1400. The number of halogens is 1. The van der Waals surface area contributed by atoms with Gasteiger partial charge >= 0.3 is 0 Å². The molecular weight excluding hydrogens is 550 g/mol. The summed E-state index contributed by atoms with van der Waals surface area (Å²) in [5, 5.41) is 15.8. The fraction of sp³-hybridized carbons (Fsp3) is 0.345. The molecule has 38 heavy (non-hydrogen) atoms. The molecule has 1 N–H and O–H groups in total. The molecule has 3 aliphatic heterocycles. The first-order chi connectivity index (χ1) is 18.5. The SMILES string of the molecule is CCOc1cc([C@@H]2[C@@H]3CCCN3[C@@]3(C(=O)Nc4ccccc43)[C@@H]2[N+](=O)[O-])cc(Br)c1OCc1ccccc1. The first kappa shape index (κ1) is 24.9. The largest absolute Gasteiger partial charge is 0.490 e. The lowest BCUT2D eigenvalue weighted by molar-refractivity contribution is -0.534.